The Balaban J connectivity index is 0.00000107. The van der Waals surface area contributed by atoms with Gasteiger partial charge in [-0.25, -0.2) is 4.98 Å². The monoisotopic (exact) mass is 581 g/mol. The molecule has 2 aromatic rings. The first-order valence-electron chi connectivity index (χ1n) is 13.1. The molecule has 0 unspecified atom stereocenters. The molecule has 2 aliphatic heterocycles. The number of halogens is 3. The van der Waals surface area contributed by atoms with Gasteiger partial charge < -0.3 is 20.2 Å². The molecule has 11 heteroatoms. The second-order valence-corrected chi connectivity index (χ2v) is 11.9. The first-order valence-corrected chi connectivity index (χ1v) is 14.2. The van der Waals surface area contributed by atoms with Crippen molar-refractivity contribution >= 4 is 52.7 Å². The van der Waals surface area contributed by atoms with E-state index in [4.69, 9.17) is 49.4 Å². The number of piperidine rings is 1. The molecule has 5 rings (SSSR count). The number of rotatable bonds is 7. The molecule has 2 atom stereocenters. The molecule has 3 aliphatic rings. The van der Waals surface area contributed by atoms with Crippen LogP contribution in [-0.2, 0) is 16.2 Å². The van der Waals surface area contributed by atoms with Crippen LogP contribution in [0.15, 0.2) is 18.2 Å². The van der Waals surface area contributed by atoms with E-state index in [1.807, 2.05) is 19.1 Å². The van der Waals surface area contributed by atoms with E-state index in [2.05, 4.69) is 27.0 Å². The van der Waals surface area contributed by atoms with Crippen LogP contribution in [0.1, 0.15) is 56.8 Å². The summed E-state index contributed by atoms with van der Waals surface area (Å²) in [7, 11) is 0. The molecular formula is C27H34Cl3N5O3. The van der Waals surface area contributed by atoms with Crippen molar-refractivity contribution in [1.29, 1.82) is 0 Å². The van der Waals surface area contributed by atoms with Gasteiger partial charge in [0.05, 0.1) is 18.3 Å². The molecule has 3 fully saturated rings. The average molecular weight is 583 g/mol. The maximum atomic E-state index is 9.89. The number of likely N-dealkylation sites (tertiary alicyclic amines) is 1. The molecule has 8 nitrogen and oxygen atoms in total. The van der Waals surface area contributed by atoms with Gasteiger partial charge in [-0.2, -0.15) is 14.6 Å². The van der Waals surface area contributed by atoms with Crippen LogP contribution >= 0.6 is 34.8 Å². The first-order chi connectivity index (χ1) is 18.2. The van der Waals surface area contributed by atoms with Gasteiger partial charge in [0.2, 0.25) is 5.95 Å². The van der Waals surface area contributed by atoms with E-state index >= 15 is 0 Å². The lowest BCUT2D eigenvalue weighted by molar-refractivity contribution is -0.191. The molecule has 0 bridgehead atoms. The fourth-order valence-corrected chi connectivity index (χ4v) is 6.62. The van der Waals surface area contributed by atoms with Crippen LogP contribution in [0, 0.1) is 17.8 Å². The normalized spacial score (nSPS) is 24.4. The van der Waals surface area contributed by atoms with Gasteiger partial charge in [0.15, 0.2) is 5.82 Å². The highest BCUT2D eigenvalue weighted by atomic mass is 35.5. The second-order valence-electron chi connectivity index (χ2n) is 10.7. The Hall–Kier alpha value is -1.93. The number of aromatic nitrogens is 2. The molecule has 38 heavy (non-hydrogen) atoms. The molecule has 0 radical (unpaired) electrons. The van der Waals surface area contributed by atoms with Crippen molar-refractivity contribution < 1.29 is 14.7 Å². The van der Waals surface area contributed by atoms with Crippen LogP contribution in [0.5, 0.6) is 0 Å². The van der Waals surface area contributed by atoms with Crippen LogP contribution in [0.2, 0.25) is 15.1 Å². The van der Waals surface area contributed by atoms with Crippen molar-refractivity contribution in [3.8, 4) is 0 Å². The van der Waals surface area contributed by atoms with Crippen LogP contribution in [-0.4, -0.2) is 58.3 Å². The Labute approximate surface area is 238 Å². The molecule has 1 aliphatic carbocycles. The molecule has 0 amide bonds. The minimum Gasteiger partial charge on any atom is -0.390 e. The Morgan fingerprint density at radius 3 is 2.47 bits per heavy atom. The third kappa shape index (κ3) is 6.61. The second kappa shape index (κ2) is 12.9. The summed E-state index contributed by atoms with van der Waals surface area (Å²) in [6.07, 6.45) is 5.59. The van der Waals surface area contributed by atoms with E-state index in [9.17, 15) is 5.11 Å². The van der Waals surface area contributed by atoms with E-state index in [0.29, 0.717) is 38.4 Å². The Bertz CT molecular complexity index is 1150. The summed E-state index contributed by atoms with van der Waals surface area (Å²) in [5.41, 5.74) is 1.32. The highest BCUT2D eigenvalue weighted by Gasteiger charge is 2.40. The summed E-state index contributed by atoms with van der Waals surface area (Å²) in [6, 6.07) is 6.08. The van der Waals surface area contributed by atoms with E-state index < -0.39 is 0 Å². The van der Waals surface area contributed by atoms with Crippen molar-refractivity contribution in [3.63, 3.8) is 0 Å². The highest BCUT2D eigenvalue weighted by molar-refractivity contribution is 6.35. The van der Waals surface area contributed by atoms with Gasteiger partial charge in [-0.15, -0.1) is 0 Å². The molecule has 2 N–H and O–H groups in total. The van der Waals surface area contributed by atoms with Gasteiger partial charge in [-0.05, 0) is 74.6 Å². The smallest absolute Gasteiger partial charge is 0.373 e. The Kier molecular flexibility index (Phi) is 9.90. The maximum Gasteiger partial charge on any atom is 0.373 e. The predicted molar refractivity (Wildman–Crippen MR) is 149 cm³/mol. The number of nitrogens with one attached hydrogen (secondary N) is 1. The fourth-order valence-electron chi connectivity index (χ4n) is 5.85. The minimum absolute atomic E-state index is 0.154. The SMILES string of the molecule is CC1CC(N2CCC[C@H](C3CN(c4nc(CO)c(Cl)c(N[C@H](C)c5ccc(Cl)cc5Cl)n4)C3)C2)C1.O=C=O. The third-order valence-corrected chi connectivity index (χ3v) is 9.01. The standard InChI is InChI=1S/C26H34Cl3N5O.CO2/c1-15-8-20(9-15)33-7-3-4-17(11-33)18-12-34(13-18)26-31-23(14-35)24(29)25(32-26)30-16(2)21-6-5-19(27)10-22(21)28;2-1-3/h5-6,10,15-18,20,35H,3-4,7-9,11-14H2,1-2H3,(H,30,31,32);/t15?,16-,17+,20?;/m1./s1. The lowest BCUT2D eigenvalue weighted by atomic mass is 9.76. The Morgan fingerprint density at radius 2 is 1.84 bits per heavy atom. The quantitative estimate of drug-likeness (QED) is 0.444. The van der Waals surface area contributed by atoms with Crippen LogP contribution < -0.4 is 10.2 Å². The summed E-state index contributed by atoms with van der Waals surface area (Å²) in [6.45, 7) is 8.49. The van der Waals surface area contributed by atoms with E-state index in [0.717, 1.165) is 36.5 Å². The average Bonchev–Trinajstić information content (AvgIpc) is 2.83. The lowest BCUT2D eigenvalue weighted by Crippen LogP contribution is -2.56. The topological polar surface area (TPSA) is 98.7 Å². The van der Waals surface area contributed by atoms with E-state index in [1.165, 1.54) is 38.8 Å². The molecule has 0 spiro atoms. The van der Waals surface area contributed by atoms with Crippen LogP contribution in [0.3, 0.4) is 0 Å². The zero-order valence-corrected chi connectivity index (χ0v) is 23.9. The number of hydrogen-bond donors (Lipinski definition) is 2. The van der Waals surface area contributed by atoms with Gasteiger partial charge in [0, 0.05) is 35.7 Å². The zero-order chi connectivity index (χ0) is 27.4. The summed E-state index contributed by atoms with van der Waals surface area (Å²) >= 11 is 19.0. The van der Waals surface area contributed by atoms with Crippen molar-refractivity contribution in [3.05, 3.63) is 44.5 Å². The van der Waals surface area contributed by atoms with Crippen LogP contribution in [0.4, 0.5) is 11.8 Å². The minimum atomic E-state index is -0.242. The molecule has 3 heterocycles. The van der Waals surface area contributed by atoms with E-state index in [-0.39, 0.29) is 18.8 Å². The van der Waals surface area contributed by atoms with Gasteiger partial charge >= 0.3 is 6.15 Å². The van der Waals surface area contributed by atoms with E-state index in [1.54, 1.807) is 6.07 Å². The summed E-state index contributed by atoms with van der Waals surface area (Å²) in [5, 5.41) is 14.7. The summed E-state index contributed by atoms with van der Waals surface area (Å²) < 4.78 is 0. The van der Waals surface area contributed by atoms with Crippen LogP contribution in [0.25, 0.3) is 0 Å². The molecule has 1 saturated carbocycles. The molecular weight excluding hydrogens is 549 g/mol. The van der Waals surface area contributed by atoms with Crippen molar-refractivity contribution in [2.75, 3.05) is 36.4 Å². The number of nitrogens with zero attached hydrogens (tertiary/aromatic N) is 4. The Morgan fingerprint density at radius 1 is 1.13 bits per heavy atom. The molecule has 1 aromatic carbocycles. The summed E-state index contributed by atoms with van der Waals surface area (Å²) in [5.74, 6) is 3.42. The summed E-state index contributed by atoms with van der Waals surface area (Å²) in [4.78, 5) is 30.5. The first kappa shape index (κ1) is 29.1. The molecule has 2 saturated heterocycles. The number of carbonyl (C=O) groups excluding carboxylic acids is 2. The number of aliphatic hydroxyl groups excluding tert-OH is 1. The number of hydrogen-bond acceptors (Lipinski definition) is 8. The fraction of sp³-hybridized carbons (Fsp3) is 0.593. The maximum absolute atomic E-state index is 9.89. The number of anilines is 2. The van der Waals surface area contributed by atoms with Gasteiger partial charge in [-0.1, -0.05) is 47.8 Å². The van der Waals surface area contributed by atoms with Gasteiger partial charge in [0.1, 0.15) is 5.02 Å². The molecule has 206 valence electrons. The lowest BCUT2D eigenvalue weighted by Gasteiger charge is -2.50. The third-order valence-electron chi connectivity index (χ3n) is 8.05. The molecule has 1 aromatic heterocycles. The van der Waals surface area contributed by atoms with Gasteiger partial charge in [0.25, 0.3) is 0 Å². The number of aliphatic hydroxyl groups is 1. The van der Waals surface area contributed by atoms with Crippen molar-refractivity contribution in [2.24, 2.45) is 17.8 Å². The number of benzene rings is 1. The van der Waals surface area contributed by atoms with Crippen molar-refractivity contribution in [2.45, 2.75) is 58.2 Å². The predicted octanol–water partition coefficient (Wildman–Crippen LogP) is 5.47. The van der Waals surface area contributed by atoms with Crippen molar-refractivity contribution in [1.82, 2.24) is 14.9 Å². The highest BCUT2D eigenvalue weighted by Crippen LogP contribution is 2.39. The van der Waals surface area contributed by atoms with Gasteiger partial charge in [-0.3, -0.25) is 0 Å². The zero-order valence-electron chi connectivity index (χ0n) is 21.7. The largest absolute Gasteiger partial charge is 0.390 e.